The molecule has 2 rings (SSSR count). The number of rotatable bonds is 11. The molecule has 1 aliphatic heterocycles. The Morgan fingerprint density at radius 3 is 2.62 bits per heavy atom. The van der Waals surface area contributed by atoms with Gasteiger partial charge in [0, 0.05) is 44.7 Å². The minimum atomic E-state index is -4.16. The molecule has 178 valence electrons. The zero-order valence-electron chi connectivity index (χ0n) is 19.3. The van der Waals surface area contributed by atoms with Gasteiger partial charge in [-0.1, -0.05) is 32.1 Å². The Labute approximate surface area is 191 Å². The van der Waals surface area contributed by atoms with Gasteiger partial charge in [0.15, 0.2) is 5.75 Å². The van der Waals surface area contributed by atoms with Gasteiger partial charge in [0.1, 0.15) is 11.0 Å². The standard InChI is InChI=1S/C23H36N4O4S/c1-5-7-9-20(17(3)4)31-22-19(26-10-8-6-2)15-18(16-21(22)32(24,29)30)23(28)27-13-11-25-12-14-27/h5,7,15-16,20,25-26H,3,6,8-14H2,1-2,4H3,(H2,24,29,30). The molecule has 1 aromatic rings. The summed E-state index contributed by atoms with van der Waals surface area (Å²) in [6.45, 7) is 12.9. The molecule has 0 aromatic heterocycles. The largest absolute Gasteiger partial charge is 0.482 e. The van der Waals surface area contributed by atoms with E-state index in [1.54, 1.807) is 11.0 Å². The number of hydrogen-bond acceptors (Lipinski definition) is 6. The summed E-state index contributed by atoms with van der Waals surface area (Å²) in [5.41, 5.74) is 1.46. The predicted octanol–water partition coefficient (Wildman–Crippen LogP) is 2.88. The second-order valence-electron chi connectivity index (χ2n) is 7.98. The summed E-state index contributed by atoms with van der Waals surface area (Å²) in [6.07, 6.45) is 5.76. The highest BCUT2D eigenvalue weighted by atomic mass is 32.2. The van der Waals surface area contributed by atoms with Gasteiger partial charge in [-0.2, -0.15) is 0 Å². The fourth-order valence-electron chi connectivity index (χ4n) is 3.39. The normalized spacial score (nSPS) is 15.6. The smallest absolute Gasteiger partial charge is 0.254 e. The summed E-state index contributed by atoms with van der Waals surface area (Å²) in [5, 5.41) is 12.0. The highest BCUT2D eigenvalue weighted by Gasteiger charge is 2.27. The number of piperazine rings is 1. The molecule has 0 bridgehead atoms. The Hall–Kier alpha value is -2.36. The topological polar surface area (TPSA) is 114 Å². The van der Waals surface area contributed by atoms with E-state index in [4.69, 9.17) is 9.88 Å². The quantitative estimate of drug-likeness (QED) is 0.343. The lowest BCUT2D eigenvalue weighted by Gasteiger charge is -2.28. The van der Waals surface area contributed by atoms with Crippen molar-refractivity contribution >= 4 is 21.6 Å². The summed E-state index contributed by atoms with van der Waals surface area (Å²) in [4.78, 5) is 14.6. The Morgan fingerprint density at radius 2 is 2.06 bits per heavy atom. The van der Waals surface area contributed by atoms with Crippen molar-refractivity contribution in [1.29, 1.82) is 0 Å². The van der Waals surface area contributed by atoms with E-state index in [0.29, 0.717) is 44.8 Å². The average molecular weight is 465 g/mol. The Balaban J connectivity index is 2.57. The van der Waals surface area contributed by atoms with Crippen LogP contribution in [0.15, 0.2) is 41.3 Å². The average Bonchev–Trinajstić information content (AvgIpc) is 2.76. The van der Waals surface area contributed by atoms with Crippen molar-refractivity contribution < 1.29 is 17.9 Å². The van der Waals surface area contributed by atoms with Crippen LogP contribution in [0.4, 0.5) is 5.69 Å². The number of nitrogens with two attached hydrogens (primary N) is 1. The number of carbonyl (C=O) groups excluding carboxylic acids is 1. The van der Waals surface area contributed by atoms with E-state index < -0.39 is 16.1 Å². The molecule has 1 heterocycles. The SMILES string of the molecule is C=C(C)C(CC=CC)Oc1c(NCCCC)cc(C(=O)N2CCNCC2)cc1S(N)(=O)=O. The van der Waals surface area contributed by atoms with Crippen LogP contribution in [-0.4, -0.2) is 58.1 Å². The molecule has 4 N–H and O–H groups in total. The molecule has 0 spiro atoms. The maximum Gasteiger partial charge on any atom is 0.254 e. The van der Waals surface area contributed by atoms with Crippen LogP contribution in [0.25, 0.3) is 0 Å². The third kappa shape index (κ3) is 7.08. The minimum absolute atomic E-state index is 0.123. The van der Waals surface area contributed by atoms with Crippen molar-refractivity contribution in [2.75, 3.05) is 38.0 Å². The van der Waals surface area contributed by atoms with Gasteiger partial charge in [0.25, 0.3) is 5.91 Å². The summed E-state index contributed by atoms with van der Waals surface area (Å²) < 4.78 is 31.3. The van der Waals surface area contributed by atoms with Crippen LogP contribution < -0.4 is 20.5 Å². The molecule has 1 atom stereocenters. The summed E-state index contributed by atoms with van der Waals surface area (Å²) in [6, 6.07) is 2.99. The molecule has 9 heteroatoms. The molecule has 1 fully saturated rings. The molecule has 1 aromatic carbocycles. The minimum Gasteiger partial charge on any atom is -0.482 e. The Kier molecular flexibility index (Phi) is 9.74. The second kappa shape index (κ2) is 12.0. The van der Waals surface area contributed by atoms with Crippen molar-refractivity contribution in [2.24, 2.45) is 5.14 Å². The highest BCUT2D eigenvalue weighted by molar-refractivity contribution is 7.89. The zero-order chi connectivity index (χ0) is 23.7. The number of hydrogen-bond donors (Lipinski definition) is 3. The third-order valence-corrected chi connectivity index (χ3v) is 6.17. The summed E-state index contributed by atoms with van der Waals surface area (Å²) >= 11 is 0. The van der Waals surface area contributed by atoms with Crippen LogP contribution in [-0.2, 0) is 10.0 Å². The van der Waals surface area contributed by atoms with Crippen LogP contribution in [0, 0.1) is 0 Å². The number of nitrogens with one attached hydrogen (secondary N) is 2. The monoisotopic (exact) mass is 464 g/mol. The Morgan fingerprint density at radius 1 is 1.38 bits per heavy atom. The first-order valence-corrected chi connectivity index (χ1v) is 12.6. The number of ether oxygens (including phenoxy) is 1. The number of nitrogens with zero attached hydrogens (tertiary/aromatic N) is 1. The van der Waals surface area contributed by atoms with Gasteiger partial charge in [0.2, 0.25) is 10.0 Å². The molecule has 1 unspecified atom stereocenters. The fraction of sp³-hybridized carbons (Fsp3) is 0.522. The molecule has 1 saturated heterocycles. The highest BCUT2D eigenvalue weighted by Crippen LogP contribution is 2.36. The van der Waals surface area contributed by atoms with Crippen LogP contribution in [0.5, 0.6) is 5.75 Å². The molecular formula is C23H36N4O4S. The van der Waals surface area contributed by atoms with Crippen molar-refractivity contribution in [3.05, 3.63) is 42.0 Å². The van der Waals surface area contributed by atoms with Gasteiger partial charge in [-0.15, -0.1) is 0 Å². The van der Waals surface area contributed by atoms with E-state index in [1.807, 2.05) is 26.0 Å². The fourth-order valence-corrected chi connectivity index (χ4v) is 4.10. The molecular weight excluding hydrogens is 428 g/mol. The number of benzene rings is 1. The lowest BCUT2D eigenvalue weighted by Crippen LogP contribution is -2.46. The van der Waals surface area contributed by atoms with Crippen LogP contribution in [0.3, 0.4) is 0 Å². The van der Waals surface area contributed by atoms with Crippen molar-refractivity contribution in [1.82, 2.24) is 10.2 Å². The van der Waals surface area contributed by atoms with Gasteiger partial charge in [-0.05, 0) is 38.0 Å². The maximum atomic E-state index is 13.1. The number of sulfonamides is 1. The lowest BCUT2D eigenvalue weighted by atomic mass is 10.1. The van der Waals surface area contributed by atoms with E-state index in [2.05, 4.69) is 24.1 Å². The molecule has 0 aliphatic carbocycles. The van der Waals surface area contributed by atoms with Gasteiger partial charge in [0.05, 0.1) is 5.69 Å². The maximum absolute atomic E-state index is 13.1. The molecule has 1 amide bonds. The number of amides is 1. The van der Waals surface area contributed by atoms with E-state index in [-0.39, 0.29) is 22.1 Å². The Bertz CT molecular complexity index is 938. The number of allylic oxidation sites excluding steroid dienone is 1. The first-order chi connectivity index (χ1) is 15.2. The van der Waals surface area contributed by atoms with Crippen molar-refractivity contribution in [3.8, 4) is 5.75 Å². The van der Waals surface area contributed by atoms with Gasteiger partial charge >= 0.3 is 0 Å². The number of unbranched alkanes of at least 4 members (excludes halogenated alkanes) is 1. The van der Waals surface area contributed by atoms with Crippen LogP contribution >= 0.6 is 0 Å². The van der Waals surface area contributed by atoms with Crippen LogP contribution in [0.1, 0.15) is 50.4 Å². The molecule has 32 heavy (non-hydrogen) atoms. The first-order valence-electron chi connectivity index (χ1n) is 11.1. The number of primary sulfonamides is 1. The molecule has 1 aliphatic rings. The van der Waals surface area contributed by atoms with E-state index in [1.165, 1.54) is 6.07 Å². The third-order valence-electron chi connectivity index (χ3n) is 5.25. The van der Waals surface area contributed by atoms with Gasteiger partial charge < -0.3 is 20.3 Å². The van der Waals surface area contributed by atoms with Crippen LogP contribution in [0.2, 0.25) is 0 Å². The van der Waals surface area contributed by atoms with E-state index in [9.17, 15) is 13.2 Å². The zero-order valence-corrected chi connectivity index (χ0v) is 20.1. The predicted molar refractivity (Wildman–Crippen MR) is 129 cm³/mol. The van der Waals surface area contributed by atoms with Gasteiger partial charge in [-0.25, -0.2) is 13.6 Å². The van der Waals surface area contributed by atoms with E-state index in [0.717, 1.165) is 18.4 Å². The number of carbonyl (C=O) groups is 1. The molecule has 0 radical (unpaired) electrons. The summed E-state index contributed by atoms with van der Waals surface area (Å²) in [7, 11) is -4.16. The van der Waals surface area contributed by atoms with Gasteiger partial charge in [-0.3, -0.25) is 4.79 Å². The summed E-state index contributed by atoms with van der Waals surface area (Å²) in [5.74, 6) is -0.107. The lowest BCUT2D eigenvalue weighted by molar-refractivity contribution is 0.0735. The molecule has 0 saturated carbocycles. The van der Waals surface area contributed by atoms with E-state index >= 15 is 0 Å². The van der Waals surface area contributed by atoms with Crippen molar-refractivity contribution in [2.45, 2.75) is 51.0 Å². The molecule has 8 nitrogen and oxygen atoms in total. The second-order valence-corrected chi connectivity index (χ2v) is 9.51. The first kappa shape index (κ1) is 25.9. The van der Waals surface area contributed by atoms with Crippen molar-refractivity contribution in [3.63, 3.8) is 0 Å². The number of anilines is 1.